The number of nitrogens with one attached hydrogen (secondary N) is 1. The van der Waals surface area contributed by atoms with Crippen molar-refractivity contribution in [1.29, 1.82) is 0 Å². The Morgan fingerprint density at radius 1 is 1.13 bits per heavy atom. The van der Waals surface area contributed by atoms with Gasteiger partial charge in [-0.1, -0.05) is 48.5 Å². The quantitative estimate of drug-likeness (QED) is 0.420. The van der Waals surface area contributed by atoms with Crippen LogP contribution in [0.5, 0.6) is 0 Å². The number of aromatic nitrogens is 2. The van der Waals surface area contributed by atoms with Gasteiger partial charge < -0.3 is 15.6 Å². The molecule has 1 aliphatic heterocycles. The molecule has 31 heavy (non-hydrogen) atoms. The van der Waals surface area contributed by atoms with Gasteiger partial charge in [0.15, 0.2) is 10.9 Å². The molecular weight excluding hydrogens is 404 g/mol. The van der Waals surface area contributed by atoms with E-state index < -0.39 is 0 Å². The molecule has 0 spiro atoms. The number of carbonyl (C=O) groups is 1. The van der Waals surface area contributed by atoms with Gasteiger partial charge in [-0.25, -0.2) is 4.98 Å². The minimum absolute atomic E-state index is 0.0536. The smallest absolute Gasteiger partial charge is 0.190 e. The summed E-state index contributed by atoms with van der Waals surface area (Å²) in [5, 5.41) is 3.55. The van der Waals surface area contributed by atoms with Crippen molar-refractivity contribution in [2.45, 2.75) is 24.7 Å². The first-order valence-electron chi connectivity index (χ1n) is 10.8. The first kappa shape index (κ1) is 20.0. The largest absolute Gasteiger partial charge is 0.375 e. The summed E-state index contributed by atoms with van der Waals surface area (Å²) >= 11 is 1.32. The van der Waals surface area contributed by atoms with Crippen molar-refractivity contribution in [3.8, 4) is 0 Å². The van der Waals surface area contributed by atoms with Crippen LogP contribution in [0.15, 0.2) is 66.2 Å². The summed E-state index contributed by atoms with van der Waals surface area (Å²) in [4.78, 5) is 23.4. The molecule has 6 heteroatoms. The van der Waals surface area contributed by atoms with Gasteiger partial charge in [-0.15, -0.1) is 11.3 Å². The highest BCUT2D eigenvalue weighted by molar-refractivity contribution is 7.13. The maximum atomic E-state index is 13.3. The van der Waals surface area contributed by atoms with Crippen molar-refractivity contribution >= 4 is 33.2 Å². The molecule has 1 saturated heterocycles. The Labute approximate surface area is 185 Å². The van der Waals surface area contributed by atoms with Gasteiger partial charge in [-0.3, -0.25) is 4.79 Å². The predicted molar refractivity (Wildman–Crippen MR) is 127 cm³/mol. The second kappa shape index (κ2) is 8.65. The fourth-order valence-electron chi connectivity index (χ4n) is 4.72. The number of fused-ring (bicyclic) bond motifs is 1. The fourth-order valence-corrected chi connectivity index (χ4v) is 5.27. The highest BCUT2D eigenvalue weighted by Crippen LogP contribution is 2.34. The van der Waals surface area contributed by atoms with Crippen molar-refractivity contribution < 1.29 is 4.79 Å². The summed E-state index contributed by atoms with van der Waals surface area (Å²) in [5.74, 6) is 0.377. The molecule has 1 aliphatic rings. The SMILES string of the molecule is Nc1nc(C(=O)C(CN2CCC(c3c[nH]c4ccccc34)CC2)c2ccccc2)cs1. The third-order valence-corrected chi connectivity index (χ3v) is 7.06. The normalized spacial score (nSPS) is 16.5. The van der Waals surface area contributed by atoms with Gasteiger partial charge in [0.1, 0.15) is 5.69 Å². The number of nitrogen functional groups attached to an aromatic ring is 1. The predicted octanol–water partition coefficient (Wildman–Crippen LogP) is 5.05. The van der Waals surface area contributed by atoms with Gasteiger partial charge in [-0.05, 0) is 49.0 Å². The van der Waals surface area contributed by atoms with Crippen LogP contribution in [0.25, 0.3) is 10.9 Å². The number of hydrogen-bond acceptors (Lipinski definition) is 5. The number of Topliss-reactive ketones (excluding diaryl/α,β-unsaturated/α-hetero) is 1. The summed E-state index contributed by atoms with van der Waals surface area (Å²) < 4.78 is 0. The molecule has 1 atom stereocenters. The molecule has 0 radical (unpaired) electrons. The van der Waals surface area contributed by atoms with Gasteiger partial charge in [0.2, 0.25) is 0 Å². The standard InChI is InChI=1S/C25H26N4OS/c26-25-28-23(16-31-25)24(30)21(17-6-2-1-3-7-17)15-29-12-10-18(11-13-29)20-14-27-22-9-5-4-8-19(20)22/h1-9,14,16,18,21,27H,10-13,15H2,(H2,26,28). The van der Waals surface area contributed by atoms with E-state index >= 15 is 0 Å². The lowest BCUT2D eigenvalue weighted by Crippen LogP contribution is -2.38. The molecule has 0 saturated carbocycles. The molecule has 4 aromatic rings. The molecule has 2 aromatic heterocycles. The van der Waals surface area contributed by atoms with E-state index in [0.717, 1.165) is 31.5 Å². The van der Waals surface area contributed by atoms with E-state index in [1.807, 2.05) is 30.3 Å². The van der Waals surface area contributed by atoms with Crippen molar-refractivity contribution in [1.82, 2.24) is 14.9 Å². The number of anilines is 1. The Bertz CT molecular complexity index is 1170. The molecular formula is C25H26N4OS. The number of hydrogen-bond donors (Lipinski definition) is 2. The van der Waals surface area contributed by atoms with Crippen molar-refractivity contribution in [3.05, 3.63) is 83.0 Å². The number of para-hydroxylation sites is 1. The second-order valence-corrected chi connectivity index (χ2v) is 9.15. The van der Waals surface area contributed by atoms with E-state index in [2.05, 4.69) is 45.3 Å². The van der Waals surface area contributed by atoms with Gasteiger partial charge in [-0.2, -0.15) is 0 Å². The first-order chi connectivity index (χ1) is 15.2. The molecule has 3 N–H and O–H groups in total. The number of aromatic amines is 1. The third kappa shape index (κ3) is 4.13. The number of ketones is 1. The maximum absolute atomic E-state index is 13.3. The highest BCUT2D eigenvalue weighted by atomic mass is 32.1. The fraction of sp³-hybridized carbons (Fsp3) is 0.280. The van der Waals surface area contributed by atoms with Gasteiger partial charge in [0.25, 0.3) is 0 Å². The topological polar surface area (TPSA) is 75.0 Å². The lowest BCUT2D eigenvalue weighted by Gasteiger charge is -2.34. The van der Waals surface area contributed by atoms with Crippen LogP contribution >= 0.6 is 11.3 Å². The molecule has 5 rings (SSSR count). The molecule has 1 fully saturated rings. The zero-order chi connectivity index (χ0) is 21.2. The average molecular weight is 431 g/mol. The summed E-state index contributed by atoms with van der Waals surface area (Å²) in [6, 6.07) is 18.6. The van der Waals surface area contributed by atoms with Crippen LogP contribution in [-0.4, -0.2) is 40.3 Å². The molecule has 0 aliphatic carbocycles. The van der Waals surface area contributed by atoms with E-state index in [1.54, 1.807) is 5.38 Å². The van der Waals surface area contributed by atoms with E-state index in [1.165, 1.54) is 27.8 Å². The van der Waals surface area contributed by atoms with E-state index in [4.69, 9.17) is 5.73 Å². The molecule has 5 nitrogen and oxygen atoms in total. The lowest BCUT2D eigenvalue weighted by atomic mass is 9.87. The Morgan fingerprint density at radius 2 is 1.87 bits per heavy atom. The van der Waals surface area contributed by atoms with E-state index in [9.17, 15) is 4.79 Å². The van der Waals surface area contributed by atoms with Crippen molar-refractivity contribution in [3.63, 3.8) is 0 Å². The summed E-state index contributed by atoms with van der Waals surface area (Å²) in [6.07, 6.45) is 4.37. The highest BCUT2D eigenvalue weighted by Gasteiger charge is 2.29. The zero-order valence-corrected chi connectivity index (χ0v) is 18.1. The Morgan fingerprint density at radius 3 is 2.61 bits per heavy atom. The Balaban J connectivity index is 1.31. The van der Waals surface area contributed by atoms with Crippen molar-refractivity contribution in [2.24, 2.45) is 0 Å². The molecule has 0 bridgehead atoms. The van der Waals surface area contributed by atoms with Gasteiger partial charge in [0.05, 0.1) is 5.92 Å². The molecule has 2 aromatic carbocycles. The molecule has 158 valence electrons. The average Bonchev–Trinajstić information content (AvgIpc) is 3.44. The summed E-state index contributed by atoms with van der Waals surface area (Å²) in [5.41, 5.74) is 9.93. The maximum Gasteiger partial charge on any atom is 0.190 e. The number of rotatable bonds is 6. The molecule has 3 heterocycles. The number of H-pyrrole nitrogens is 1. The van der Waals surface area contributed by atoms with Crippen LogP contribution in [-0.2, 0) is 0 Å². The number of nitrogens with two attached hydrogens (primary N) is 1. The number of nitrogens with zero attached hydrogens (tertiary/aromatic N) is 2. The third-order valence-electron chi connectivity index (χ3n) is 6.38. The minimum Gasteiger partial charge on any atom is -0.375 e. The summed E-state index contributed by atoms with van der Waals surface area (Å²) in [6.45, 7) is 2.68. The lowest BCUT2D eigenvalue weighted by molar-refractivity contribution is 0.0918. The van der Waals surface area contributed by atoms with Crippen molar-refractivity contribution in [2.75, 3.05) is 25.4 Å². The summed E-state index contributed by atoms with van der Waals surface area (Å²) in [7, 11) is 0. The van der Waals surface area contributed by atoms with Crippen LogP contribution < -0.4 is 5.73 Å². The van der Waals surface area contributed by atoms with Gasteiger partial charge in [0, 0.05) is 29.0 Å². The van der Waals surface area contributed by atoms with Crippen LogP contribution in [0.2, 0.25) is 0 Å². The van der Waals surface area contributed by atoms with Gasteiger partial charge >= 0.3 is 0 Å². The Hall–Kier alpha value is -2.96. The number of carbonyl (C=O) groups excluding carboxylic acids is 1. The first-order valence-corrected chi connectivity index (χ1v) is 11.7. The van der Waals surface area contributed by atoms with E-state index in [0.29, 0.717) is 23.3 Å². The van der Waals surface area contributed by atoms with Crippen LogP contribution in [0.3, 0.4) is 0 Å². The second-order valence-electron chi connectivity index (χ2n) is 8.26. The number of likely N-dealkylation sites (tertiary alicyclic amines) is 1. The zero-order valence-electron chi connectivity index (χ0n) is 17.3. The van der Waals surface area contributed by atoms with Crippen LogP contribution in [0.4, 0.5) is 5.13 Å². The monoisotopic (exact) mass is 430 g/mol. The number of benzene rings is 2. The number of piperidine rings is 1. The molecule has 1 unspecified atom stereocenters. The molecule has 0 amide bonds. The van der Waals surface area contributed by atoms with Crippen LogP contribution in [0, 0.1) is 0 Å². The van der Waals surface area contributed by atoms with Crippen LogP contribution in [0.1, 0.15) is 46.3 Å². The number of thiazole rings is 1. The van der Waals surface area contributed by atoms with E-state index in [-0.39, 0.29) is 11.7 Å². The Kier molecular flexibility index (Phi) is 5.57. The minimum atomic E-state index is -0.229.